The number of aromatic nitrogens is 2. The number of H-pyrrole nitrogens is 1. The van der Waals surface area contributed by atoms with Crippen LogP contribution in [0, 0.1) is 15.9 Å². The molecule has 160 valence electrons. The second-order valence-corrected chi connectivity index (χ2v) is 8.66. The van der Waals surface area contributed by atoms with E-state index < -0.39 is 22.0 Å². The number of anilines is 1. The molecule has 1 aromatic carbocycles. The first kappa shape index (κ1) is 19.8. The maximum atomic E-state index is 13.7. The Morgan fingerprint density at radius 2 is 2.00 bits per heavy atom. The predicted molar refractivity (Wildman–Crippen MR) is 118 cm³/mol. The third-order valence-electron chi connectivity index (χ3n) is 6.02. The Hall–Kier alpha value is -3.11. The maximum absolute atomic E-state index is 13.7. The van der Waals surface area contributed by atoms with Gasteiger partial charge < -0.3 is 9.88 Å². The van der Waals surface area contributed by atoms with Gasteiger partial charge in [0.05, 0.1) is 21.8 Å². The number of allylic oxidation sites excluding steroid dienone is 1. The highest BCUT2D eigenvalue weighted by Crippen LogP contribution is 2.33. The summed E-state index contributed by atoms with van der Waals surface area (Å²) in [6.45, 7) is 3.68. The monoisotopic (exact) mass is 441 g/mol. The average Bonchev–Trinajstić information content (AvgIpc) is 3.46. The van der Waals surface area contributed by atoms with Gasteiger partial charge in [0.1, 0.15) is 5.82 Å². The van der Waals surface area contributed by atoms with Crippen LogP contribution >= 0.6 is 11.3 Å². The molecule has 3 aromatic rings. The zero-order valence-corrected chi connectivity index (χ0v) is 17.4. The molecule has 2 aliphatic rings. The van der Waals surface area contributed by atoms with E-state index in [2.05, 4.69) is 25.8 Å². The number of thiazole rings is 1. The number of nitrogens with one attached hydrogen (secondary N) is 1. The summed E-state index contributed by atoms with van der Waals surface area (Å²) in [6.07, 6.45) is 5.67. The van der Waals surface area contributed by atoms with Crippen LogP contribution in [0.25, 0.3) is 16.3 Å². The summed E-state index contributed by atoms with van der Waals surface area (Å²) in [7, 11) is 0. The molecule has 3 heterocycles. The topological polar surface area (TPSA) is 95.4 Å². The zero-order chi connectivity index (χ0) is 21.5. The second-order valence-electron chi connectivity index (χ2n) is 7.79. The number of pyridine rings is 1. The van der Waals surface area contributed by atoms with E-state index in [0.29, 0.717) is 5.69 Å². The second kappa shape index (κ2) is 7.86. The minimum atomic E-state index is -0.797. The number of piperazine rings is 1. The Bertz CT molecular complexity index is 1230. The molecular formula is C21H20FN5O3S. The number of fused-ring (bicyclic) bond motifs is 1. The molecule has 0 bridgehead atoms. The van der Waals surface area contributed by atoms with Gasteiger partial charge in [-0.3, -0.25) is 19.8 Å². The molecule has 1 fully saturated rings. The number of aromatic amines is 1. The molecule has 0 radical (unpaired) electrons. The van der Waals surface area contributed by atoms with Crippen molar-refractivity contribution in [2.45, 2.75) is 18.9 Å². The summed E-state index contributed by atoms with van der Waals surface area (Å²) in [4.78, 5) is 35.1. The molecule has 0 spiro atoms. The SMILES string of the molecule is O=c1[nH]c(C2=C[C@H](N3CCN(c4nccs4)CC3)CC2)cc2c([N+](=O)[O-])cc(F)cc12. The molecular weight excluding hydrogens is 421 g/mol. The van der Waals surface area contributed by atoms with Crippen LogP contribution < -0.4 is 10.5 Å². The highest BCUT2D eigenvalue weighted by Gasteiger charge is 2.28. The first-order valence-corrected chi connectivity index (χ1v) is 11.0. The lowest BCUT2D eigenvalue weighted by molar-refractivity contribution is -0.383. The molecule has 1 N–H and O–H groups in total. The van der Waals surface area contributed by atoms with Crippen LogP contribution in [0.5, 0.6) is 0 Å². The van der Waals surface area contributed by atoms with E-state index in [1.165, 1.54) is 0 Å². The lowest BCUT2D eigenvalue weighted by Gasteiger charge is -2.37. The van der Waals surface area contributed by atoms with Crippen LogP contribution in [0.2, 0.25) is 0 Å². The molecule has 0 unspecified atom stereocenters. The summed E-state index contributed by atoms with van der Waals surface area (Å²) < 4.78 is 13.7. The minimum Gasteiger partial charge on any atom is -0.346 e. The summed E-state index contributed by atoms with van der Waals surface area (Å²) >= 11 is 1.65. The van der Waals surface area contributed by atoms with Crippen molar-refractivity contribution < 1.29 is 9.31 Å². The molecule has 8 nitrogen and oxygen atoms in total. The smallest absolute Gasteiger partial charge is 0.280 e. The molecule has 1 aliphatic heterocycles. The summed E-state index contributed by atoms with van der Waals surface area (Å²) in [5.41, 5.74) is 0.619. The van der Waals surface area contributed by atoms with Gasteiger partial charge in [-0.05, 0) is 30.5 Å². The Morgan fingerprint density at radius 1 is 1.19 bits per heavy atom. The first-order chi connectivity index (χ1) is 15.0. The van der Waals surface area contributed by atoms with Crippen molar-refractivity contribution >= 4 is 38.5 Å². The van der Waals surface area contributed by atoms with Gasteiger partial charge >= 0.3 is 0 Å². The van der Waals surface area contributed by atoms with Gasteiger partial charge in [-0.2, -0.15) is 0 Å². The Kier molecular flexibility index (Phi) is 5.03. The molecule has 10 heteroatoms. The number of nitrogens with zero attached hydrogens (tertiary/aromatic N) is 4. The fourth-order valence-corrected chi connectivity index (χ4v) is 5.17. The standard InChI is InChI=1S/C21H20FN5O3S/c22-14-10-17-16(19(11-14)27(29)30)12-18(24-20(17)28)13-1-2-15(9-13)25-4-6-26(7-5-25)21-23-3-8-31-21/h3,8-12,15H,1-2,4-7H2,(H,24,28)/t15-/m1/s1. The van der Waals surface area contributed by atoms with E-state index in [9.17, 15) is 19.3 Å². The van der Waals surface area contributed by atoms with Crippen molar-refractivity contribution in [1.29, 1.82) is 0 Å². The number of halogens is 1. The average molecular weight is 441 g/mol. The predicted octanol–water partition coefficient (Wildman–Crippen LogP) is 3.40. The van der Waals surface area contributed by atoms with Crippen LogP contribution in [0.1, 0.15) is 18.5 Å². The molecule has 0 saturated carbocycles. The van der Waals surface area contributed by atoms with Crippen LogP contribution in [0.15, 0.2) is 40.6 Å². The molecule has 1 atom stereocenters. The zero-order valence-electron chi connectivity index (χ0n) is 16.6. The van der Waals surface area contributed by atoms with Crippen molar-refractivity contribution in [1.82, 2.24) is 14.9 Å². The van der Waals surface area contributed by atoms with Gasteiger partial charge in [-0.1, -0.05) is 6.08 Å². The molecule has 0 amide bonds. The van der Waals surface area contributed by atoms with E-state index in [4.69, 9.17) is 0 Å². The van der Waals surface area contributed by atoms with E-state index in [0.717, 1.165) is 61.9 Å². The molecule has 1 aliphatic carbocycles. The largest absolute Gasteiger partial charge is 0.346 e. The third-order valence-corrected chi connectivity index (χ3v) is 6.86. The number of non-ortho nitro benzene ring substituents is 1. The number of rotatable bonds is 4. The highest BCUT2D eigenvalue weighted by molar-refractivity contribution is 7.13. The van der Waals surface area contributed by atoms with E-state index in [1.807, 2.05) is 11.6 Å². The number of benzene rings is 1. The van der Waals surface area contributed by atoms with Gasteiger partial charge in [-0.15, -0.1) is 11.3 Å². The van der Waals surface area contributed by atoms with Crippen molar-refractivity contribution in [3.63, 3.8) is 0 Å². The quantitative estimate of drug-likeness (QED) is 0.493. The fourth-order valence-electron chi connectivity index (χ4n) is 4.47. The normalized spacial score (nSPS) is 19.7. The van der Waals surface area contributed by atoms with Gasteiger partial charge in [0, 0.05) is 49.5 Å². The minimum absolute atomic E-state index is 0.0103. The van der Waals surface area contributed by atoms with E-state index in [1.54, 1.807) is 17.4 Å². The Balaban J connectivity index is 1.39. The van der Waals surface area contributed by atoms with Crippen LogP contribution in [0.3, 0.4) is 0 Å². The third kappa shape index (κ3) is 3.72. The van der Waals surface area contributed by atoms with Crippen molar-refractivity contribution in [3.05, 3.63) is 67.8 Å². The summed E-state index contributed by atoms with van der Waals surface area (Å²) in [5, 5.41) is 14.6. The summed E-state index contributed by atoms with van der Waals surface area (Å²) in [6, 6.07) is 3.76. The van der Waals surface area contributed by atoms with Crippen molar-refractivity contribution in [2.24, 2.45) is 0 Å². The highest BCUT2D eigenvalue weighted by atomic mass is 32.1. The van der Waals surface area contributed by atoms with E-state index >= 15 is 0 Å². The van der Waals surface area contributed by atoms with E-state index in [-0.39, 0.29) is 16.8 Å². The molecule has 5 rings (SSSR count). The molecule has 1 saturated heterocycles. The maximum Gasteiger partial charge on any atom is 0.280 e. The van der Waals surface area contributed by atoms with Gasteiger partial charge in [0.2, 0.25) is 0 Å². The summed E-state index contributed by atoms with van der Waals surface area (Å²) in [5.74, 6) is -0.797. The van der Waals surface area contributed by atoms with Crippen LogP contribution in [0.4, 0.5) is 15.2 Å². The number of hydrogen-bond donors (Lipinski definition) is 1. The van der Waals surface area contributed by atoms with Crippen LogP contribution in [-0.2, 0) is 0 Å². The van der Waals surface area contributed by atoms with Crippen molar-refractivity contribution in [2.75, 3.05) is 31.1 Å². The Morgan fingerprint density at radius 3 is 2.71 bits per heavy atom. The van der Waals surface area contributed by atoms with Gasteiger partial charge in [-0.25, -0.2) is 9.37 Å². The molecule has 2 aromatic heterocycles. The van der Waals surface area contributed by atoms with Crippen molar-refractivity contribution in [3.8, 4) is 0 Å². The van der Waals surface area contributed by atoms with Crippen LogP contribution in [-0.4, -0.2) is 52.0 Å². The van der Waals surface area contributed by atoms with Gasteiger partial charge in [0.15, 0.2) is 5.13 Å². The number of nitro groups is 1. The fraction of sp³-hybridized carbons (Fsp3) is 0.333. The van der Waals surface area contributed by atoms with Gasteiger partial charge in [0.25, 0.3) is 11.2 Å². The number of nitro benzene ring substituents is 1. The first-order valence-electron chi connectivity index (χ1n) is 10.1. The lowest BCUT2D eigenvalue weighted by Crippen LogP contribution is -2.49. The lowest BCUT2D eigenvalue weighted by atomic mass is 10.1. The molecule has 31 heavy (non-hydrogen) atoms. The number of hydrogen-bond acceptors (Lipinski definition) is 7. The Labute approximate surface area is 180 Å².